The zero-order valence-corrected chi connectivity index (χ0v) is 9.75. The maximum atomic E-state index is 3.39. The van der Waals surface area contributed by atoms with Gasteiger partial charge in [0.2, 0.25) is 0 Å². The molecule has 1 aliphatic heterocycles. The van der Waals surface area contributed by atoms with Crippen molar-refractivity contribution in [2.24, 2.45) is 5.92 Å². The molecule has 0 atom stereocenters. The van der Waals surface area contributed by atoms with Crippen molar-refractivity contribution in [1.82, 2.24) is 10.2 Å². The van der Waals surface area contributed by atoms with Gasteiger partial charge in [0.15, 0.2) is 0 Å². The van der Waals surface area contributed by atoms with Crippen molar-refractivity contribution in [3.8, 4) is 0 Å². The smallest absolute Gasteiger partial charge is 0.0164 e. The third-order valence-corrected chi connectivity index (χ3v) is 3.63. The molecule has 2 rings (SSSR count). The van der Waals surface area contributed by atoms with Crippen LogP contribution < -0.4 is 5.32 Å². The number of piperazine rings is 1. The molecular weight excluding hydrogens is 184 g/mol. The van der Waals surface area contributed by atoms with Gasteiger partial charge in [-0.1, -0.05) is 31.4 Å². The normalized spacial score (nSPS) is 26.1. The van der Waals surface area contributed by atoms with Crippen molar-refractivity contribution in [2.75, 3.05) is 32.7 Å². The van der Waals surface area contributed by atoms with Gasteiger partial charge in [0.1, 0.15) is 0 Å². The van der Waals surface area contributed by atoms with E-state index in [4.69, 9.17) is 0 Å². The first kappa shape index (κ1) is 11.2. The van der Waals surface area contributed by atoms with Crippen LogP contribution in [0.2, 0.25) is 0 Å². The Hall–Kier alpha value is -0.340. The van der Waals surface area contributed by atoms with Crippen LogP contribution in [0, 0.1) is 5.92 Å². The fraction of sp³-hybridized carbons (Fsp3) is 0.846. The van der Waals surface area contributed by atoms with Crippen LogP contribution in [0.1, 0.15) is 32.1 Å². The largest absolute Gasteiger partial charge is 0.314 e. The molecule has 2 fully saturated rings. The first-order chi connectivity index (χ1) is 7.45. The van der Waals surface area contributed by atoms with Crippen molar-refractivity contribution < 1.29 is 0 Å². The summed E-state index contributed by atoms with van der Waals surface area (Å²) >= 11 is 0. The maximum absolute atomic E-state index is 3.39. The summed E-state index contributed by atoms with van der Waals surface area (Å²) < 4.78 is 0. The standard InChI is InChI=1S/C13H24N2/c1-2-5-13(6-3-1)7-4-10-15-11-8-14-9-12-15/h4,7,13-14H,1-3,5-6,8-12H2/b7-4+. The van der Waals surface area contributed by atoms with Gasteiger partial charge < -0.3 is 5.32 Å². The summed E-state index contributed by atoms with van der Waals surface area (Å²) in [7, 11) is 0. The van der Waals surface area contributed by atoms with Gasteiger partial charge in [0.05, 0.1) is 0 Å². The van der Waals surface area contributed by atoms with Gasteiger partial charge in [-0.2, -0.15) is 0 Å². The summed E-state index contributed by atoms with van der Waals surface area (Å²) in [5.41, 5.74) is 0. The first-order valence-corrected chi connectivity index (χ1v) is 6.55. The van der Waals surface area contributed by atoms with Crippen LogP contribution in [0.15, 0.2) is 12.2 Å². The molecule has 0 aromatic rings. The first-order valence-electron chi connectivity index (χ1n) is 6.55. The second kappa shape index (κ2) is 6.29. The molecule has 0 aromatic carbocycles. The van der Waals surface area contributed by atoms with Gasteiger partial charge in [-0.05, 0) is 18.8 Å². The number of allylic oxidation sites excluding steroid dienone is 1. The molecule has 86 valence electrons. The van der Waals surface area contributed by atoms with Gasteiger partial charge >= 0.3 is 0 Å². The van der Waals surface area contributed by atoms with E-state index in [1.807, 2.05) is 0 Å². The molecule has 0 bridgehead atoms. The molecule has 2 nitrogen and oxygen atoms in total. The second-order valence-electron chi connectivity index (χ2n) is 4.88. The molecule has 15 heavy (non-hydrogen) atoms. The number of hydrogen-bond acceptors (Lipinski definition) is 2. The summed E-state index contributed by atoms with van der Waals surface area (Å²) in [4.78, 5) is 2.54. The minimum Gasteiger partial charge on any atom is -0.314 e. The van der Waals surface area contributed by atoms with Crippen molar-refractivity contribution in [3.63, 3.8) is 0 Å². The monoisotopic (exact) mass is 208 g/mol. The van der Waals surface area contributed by atoms with Crippen LogP contribution in [0.3, 0.4) is 0 Å². The van der Waals surface area contributed by atoms with E-state index >= 15 is 0 Å². The van der Waals surface area contributed by atoms with Crippen LogP contribution in [-0.4, -0.2) is 37.6 Å². The van der Waals surface area contributed by atoms with Gasteiger partial charge in [-0.3, -0.25) is 4.90 Å². The molecule has 1 aliphatic carbocycles. The van der Waals surface area contributed by atoms with Gasteiger partial charge in [-0.15, -0.1) is 0 Å². The minimum absolute atomic E-state index is 0.890. The predicted octanol–water partition coefficient (Wildman–Crippen LogP) is 2.03. The zero-order chi connectivity index (χ0) is 10.3. The van der Waals surface area contributed by atoms with Crippen molar-refractivity contribution in [2.45, 2.75) is 32.1 Å². The number of rotatable bonds is 3. The topological polar surface area (TPSA) is 15.3 Å². The van der Waals surface area contributed by atoms with E-state index in [0.717, 1.165) is 25.6 Å². The highest BCUT2D eigenvalue weighted by Crippen LogP contribution is 2.24. The van der Waals surface area contributed by atoms with E-state index < -0.39 is 0 Å². The molecule has 0 aromatic heterocycles. The Bertz CT molecular complexity index is 189. The fourth-order valence-corrected chi connectivity index (χ4v) is 2.62. The Labute approximate surface area is 93.7 Å². The van der Waals surface area contributed by atoms with E-state index in [1.165, 1.54) is 45.2 Å². The summed E-state index contributed by atoms with van der Waals surface area (Å²) in [6.45, 7) is 5.93. The van der Waals surface area contributed by atoms with Crippen molar-refractivity contribution in [1.29, 1.82) is 0 Å². The Balaban J connectivity index is 1.64. The summed E-state index contributed by atoms with van der Waals surface area (Å²) in [5, 5.41) is 3.39. The van der Waals surface area contributed by atoms with Gasteiger partial charge in [0, 0.05) is 32.7 Å². The lowest BCUT2D eigenvalue weighted by Crippen LogP contribution is -2.43. The van der Waals surface area contributed by atoms with Gasteiger partial charge in [0.25, 0.3) is 0 Å². The average molecular weight is 208 g/mol. The zero-order valence-electron chi connectivity index (χ0n) is 9.75. The molecule has 1 saturated carbocycles. The van der Waals surface area contributed by atoms with Crippen LogP contribution in [-0.2, 0) is 0 Å². The third-order valence-electron chi connectivity index (χ3n) is 3.63. The molecule has 1 heterocycles. The summed E-state index contributed by atoms with van der Waals surface area (Å²) in [5.74, 6) is 0.890. The van der Waals surface area contributed by atoms with E-state index in [2.05, 4.69) is 22.4 Å². The lowest BCUT2D eigenvalue weighted by molar-refractivity contribution is 0.264. The van der Waals surface area contributed by atoms with E-state index in [-0.39, 0.29) is 0 Å². The molecule has 2 heteroatoms. The second-order valence-corrected chi connectivity index (χ2v) is 4.88. The highest BCUT2D eigenvalue weighted by molar-refractivity contribution is 4.92. The van der Waals surface area contributed by atoms with Crippen molar-refractivity contribution in [3.05, 3.63) is 12.2 Å². The summed E-state index contributed by atoms with van der Waals surface area (Å²) in [6.07, 6.45) is 12.1. The average Bonchev–Trinajstić information content (AvgIpc) is 2.32. The van der Waals surface area contributed by atoms with E-state index in [9.17, 15) is 0 Å². The minimum atomic E-state index is 0.890. The number of hydrogen-bond donors (Lipinski definition) is 1. The lowest BCUT2D eigenvalue weighted by Gasteiger charge is -2.26. The summed E-state index contributed by atoms with van der Waals surface area (Å²) in [6, 6.07) is 0. The van der Waals surface area contributed by atoms with Crippen LogP contribution in [0.4, 0.5) is 0 Å². The Morgan fingerprint density at radius 1 is 1.07 bits per heavy atom. The van der Waals surface area contributed by atoms with Crippen LogP contribution >= 0.6 is 0 Å². The molecule has 1 saturated heterocycles. The molecule has 0 radical (unpaired) electrons. The fourth-order valence-electron chi connectivity index (χ4n) is 2.62. The molecule has 0 unspecified atom stereocenters. The number of nitrogens with one attached hydrogen (secondary N) is 1. The molecular formula is C13H24N2. The highest BCUT2D eigenvalue weighted by Gasteiger charge is 2.10. The Morgan fingerprint density at radius 3 is 2.53 bits per heavy atom. The Kier molecular flexibility index (Phi) is 4.68. The molecule has 2 aliphatic rings. The number of nitrogens with zero attached hydrogens (tertiary/aromatic N) is 1. The predicted molar refractivity (Wildman–Crippen MR) is 65.0 cm³/mol. The van der Waals surface area contributed by atoms with Crippen molar-refractivity contribution >= 4 is 0 Å². The molecule has 0 amide bonds. The van der Waals surface area contributed by atoms with Gasteiger partial charge in [-0.25, -0.2) is 0 Å². The lowest BCUT2D eigenvalue weighted by atomic mass is 9.89. The van der Waals surface area contributed by atoms with E-state index in [1.54, 1.807) is 0 Å². The third kappa shape index (κ3) is 3.96. The molecule has 1 N–H and O–H groups in total. The quantitative estimate of drug-likeness (QED) is 0.714. The SMILES string of the molecule is C(=C\C1CCCCC1)/CN1CCNCC1. The van der Waals surface area contributed by atoms with Crippen LogP contribution in [0.25, 0.3) is 0 Å². The molecule has 0 spiro atoms. The van der Waals surface area contributed by atoms with E-state index in [0.29, 0.717) is 0 Å². The maximum Gasteiger partial charge on any atom is 0.0164 e. The van der Waals surface area contributed by atoms with Crippen LogP contribution in [0.5, 0.6) is 0 Å². The Morgan fingerprint density at radius 2 is 1.80 bits per heavy atom. The highest BCUT2D eigenvalue weighted by atomic mass is 15.2.